The molecule has 0 spiro atoms. The first-order valence-electron chi connectivity index (χ1n) is 4.47. The van der Waals surface area contributed by atoms with Crippen molar-refractivity contribution < 1.29 is 0 Å². The molecule has 0 fully saturated rings. The van der Waals surface area contributed by atoms with E-state index < -0.39 is 0 Å². The topological polar surface area (TPSA) is 16.1 Å². The van der Waals surface area contributed by atoms with E-state index in [-0.39, 0.29) is 0 Å². The molecule has 2 heterocycles. The highest BCUT2D eigenvalue weighted by atomic mass is 35.5. The van der Waals surface area contributed by atoms with Crippen LogP contribution >= 0.6 is 11.6 Å². The lowest BCUT2D eigenvalue weighted by molar-refractivity contribution is 0.530. The van der Waals surface area contributed by atoms with Crippen LogP contribution in [0.1, 0.15) is 5.56 Å². The Labute approximate surface area is 88.5 Å². The predicted molar refractivity (Wildman–Crippen MR) is 58.8 cm³/mol. The normalized spacial score (nSPS) is 16.3. The molecule has 0 bridgehead atoms. The number of pyridine rings is 1. The van der Waals surface area contributed by atoms with Crippen molar-refractivity contribution in [1.82, 2.24) is 9.88 Å². The zero-order valence-corrected chi connectivity index (χ0v) is 8.70. The minimum atomic E-state index is 0.782. The third kappa shape index (κ3) is 1.66. The summed E-state index contributed by atoms with van der Waals surface area (Å²) in [5.41, 5.74) is 2.17. The van der Waals surface area contributed by atoms with Gasteiger partial charge in [-0.3, -0.25) is 4.98 Å². The summed E-state index contributed by atoms with van der Waals surface area (Å²) in [6.45, 7) is 0.897. The number of hydrogen-bond acceptors (Lipinski definition) is 2. The second-order valence-corrected chi connectivity index (χ2v) is 3.62. The van der Waals surface area contributed by atoms with Gasteiger partial charge >= 0.3 is 0 Å². The second kappa shape index (κ2) is 3.84. The minimum absolute atomic E-state index is 0.782. The summed E-state index contributed by atoms with van der Waals surface area (Å²) in [5, 5.41) is 0.782. The summed E-state index contributed by atoms with van der Waals surface area (Å²) in [4.78, 5) is 6.11. The van der Waals surface area contributed by atoms with Gasteiger partial charge in [-0.1, -0.05) is 17.7 Å². The lowest BCUT2D eigenvalue weighted by atomic mass is 10.1. The van der Waals surface area contributed by atoms with Crippen molar-refractivity contribution >= 4 is 17.3 Å². The fourth-order valence-corrected chi connectivity index (χ4v) is 1.88. The maximum atomic E-state index is 6.14. The van der Waals surface area contributed by atoms with E-state index in [0.717, 1.165) is 22.8 Å². The van der Waals surface area contributed by atoms with E-state index in [1.165, 1.54) is 0 Å². The van der Waals surface area contributed by atoms with Crippen molar-refractivity contribution in [2.75, 3.05) is 13.6 Å². The average molecular weight is 207 g/mol. The standard InChI is InChI=1S/C11H11ClN2/c1-14-8-2-3-10(12)11(14)9-4-6-13-7-5-9/h2-7H,8H2,1H3. The molecule has 0 N–H and O–H groups in total. The molecular weight excluding hydrogens is 196 g/mol. The van der Waals surface area contributed by atoms with Gasteiger partial charge in [-0.25, -0.2) is 0 Å². The molecule has 1 aromatic rings. The zero-order valence-electron chi connectivity index (χ0n) is 7.94. The van der Waals surface area contributed by atoms with Crippen molar-refractivity contribution in [3.63, 3.8) is 0 Å². The smallest absolute Gasteiger partial charge is 0.0643 e. The fraction of sp³-hybridized carbons (Fsp3) is 0.182. The van der Waals surface area contributed by atoms with E-state index in [4.69, 9.17) is 11.6 Å². The molecule has 14 heavy (non-hydrogen) atoms. The SMILES string of the molecule is CN1CC=CC(Cl)=C1c1ccncc1. The number of allylic oxidation sites excluding steroid dienone is 2. The van der Waals surface area contributed by atoms with Gasteiger partial charge in [0.1, 0.15) is 0 Å². The minimum Gasteiger partial charge on any atom is -0.369 e. The highest BCUT2D eigenvalue weighted by Crippen LogP contribution is 2.27. The van der Waals surface area contributed by atoms with E-state index in [2.05, 4.69) is 9.88 Å². The number of nitrogens with zero attached hydrogens (tertiary/aromatic N) is 2. The van der Waals surface area contributed by atoms with Crippen LogP contribution < -0.4 is 0 Å². The summed E-state index contributed by atoms with van der Waals surface area (Å²) in [6.07, 6.45) is 7.54. The van der Waals surface area contributed by atoms with Crippen LogP contribution in [0.5, 0.6) is 0 Å². The van der Waals surface area contributed by atoms with Crippen molar-refractivity contribution in [2.45, 2.75) is 0 Å². The van der Waals surface area contributed by atoms with Gasteiger partial charge in [-0.2, -0.15) is 0 Å². The largest absolute Gasteiger partial charge is 0.369 e. The lowest BCUT2D eigenvalue weighted by Crippen LogP contribution is -2.19. The van der Waals surface area contributed by atoms with E-state index in [1.54, 1.807) is 12.4 Å². The highest BCUT2D eigenvalue weighted by molar-refractivity contribution is 6.34. The molecule has 1 aliphatic rings. The molecule has 1 aliphatic heterocycles. The van der Waals surface area contributed by atoms with Crippen molar-refractivity contribution in [3.8, 4) is 0 Å². The Bertz CT molecular complexity index is 382. The Morgan fingerprint density at radius 1 is 1.36 bits per heavy atom. The molecule has 0 saturated heterocycles. The van der Waals surface area contributed by atoms with Crippen LogP contribution in [-0.4, -0.2) is 23.5 Å². The van der Waals surface area contributed by atoms with Crippen LogP contribution in [0.3, 0.4) is 0 Å². The third-order valence-electron chi connectivity index (χ3n) is 2.21. The van der Waals surface area contributed by atoms with Crippen LogP contribution in [0, 0.1) is 0 Å². The molecule has 2 nitrogen and oxygen atoms in total. The van der Waals surface area contributed by atoms with Gasteiger partial charge in [0.05, 0.1) is 10.7 Å². The van der Waals surface area contributed by atoms with Gasteiger partial charge in [-0.05, 0) is 18.2 Å². The molecule has 0 atom stereocenters. The summed E-state index contributed by atoms with van der Waals surface area (Å²) in [6, 6.07) is 3.93. The van der Waals surface area contributed by atoms with Gasteiger partial charge in [0.25, 0.3) is 0 Å². The number of rotatable bonds is 1. The molecular formula is C11H11ClN2. The molecule has 0 saturated carbocycles. The number of hydrogen-bond donors (Lipinski definition) is 0. The predicted octanol–water partition coefficient (Wildman–Crippen LogP) is 2.49. The summed E-state index contributed by atoms with van der Waals surface area (Å²) >= 11 is 6.14. The van der Waals surface area contributed by atoms with Crippen molar-refractivity contribution in [3.05, 3.63) is 47.3 Å². The summed E-state index contributed by atoms with van der Waals surface area (Å²) in [5.74, 6) is 0. The zero-order chi connectivity index (χ0) is 9.97. The Morgan fingerprint density at radius 2 is 2.07 bits per heavy atom. The van der Waals surface area contributed by atoms with E-state index >= 15 is 0 Å². The Kier molecular flexibility index (Phi) is 2.55. The van der Waals surface area contributed by atoms with Gasteiger partial charge < -0.3 is 4.90 Å². The first-order chi connectivity index (χ1) is 6.79. The summed E-state index contributed by atoms with van der Waals surface area (Å²) < 4.78 is 0. The third-order valence-corrected chi connectivity index (χ3v) is 2.51. The Morgan fingerprint density at radius 3 is 2.71 bits per heavy atom. The van der Waals surface area contributed by atoms with Crippen molar-refractivity contribution in [2.24, 2.45) is 0 Å². The number of likely N-dealkylation sites (N-methyl/N-ethyl adjacent to an activating group) is 1. The average Bonchev–Trinajstić information content (AvgIpc) is 2.19. The quantitative estimate of drug-likeness (QED) is 0.702. The lowest BCUT2D eigenvalue weighted by Gasteiger charge is -2.25. The van der Waals surface area contributed by atoms with Gasteiger partial charge in [0.15, 0.2) is 0 Å². The second-order valence-electron chi connectivity index (χ2n) is 3.22. The van der Waals surface area contributed by atoms with E-state index in [1.807, 2.05) is 31.3 Å². The highest BCUT2D eigenvalue weighted by Gasteiger charge is 2.13. The first kappa shape index (κ1) is 9.28. The van der Waals surface area contributed by atoms with Crippen LogP contribution in [-0.2, 0) is 0 Å². The monoisotopic (exact) mass is 206 g/mol. The van der Waals surface area contributed by atoms with Crippen LogP contribution in [0.4, 0.5) is 0 Å². The maximum absolute atomic E-state index is 6.14. The summed E-state index contributed by atoms with van der Waals surface area (Å²) in [7, 11) is 2.03. The number of aromatic nitrogens is 1. The molecule has 0 amide bonds. The Hall–Kier alpha value is -1.28. The van der Waals surface area contributed by atoms with E-state index in [9.17, 15) is 0 Å². The van der Waals surface area contributed by atoms with Crippen molar-refractivity contribution in [1.29, 1.82) is 0 Å². The molecule has 0 aliphatic carbocycles. The molecule has 0 radical (unpaired) electrons. The van der Waals surface area contributed by atoms with E-state index in [0.29, 0.717) is 0 Å². The molecule has 1 aromatic heterocycles. The Balaban J connectivity index is 2.46. The fourth-order valence-electron chi connectivity index (χ4n) is 1.53. The van der Waals surface area contributed by atoms with Crippen LogP contribution in [0.2, 0.25) is 0 Å². The van der Waals surface area contributed by atoms with Crippen LogP contribution in [0.25, 0.3) is 5.70 Å². The van der Waals surface area contributed by atoms with Gasteiger partial charge in [0, 0.05) is 31.5 Å². The molecule has 72 valence electrons. The molecule has 0 aromatic carbocycles. The van der Waals surface area contributed by atoms with Gasteiger partial charge in [-0.15, -0.1) is 0 Å². The number of halogens is 1. The molecule has 0 unspecified atom stereocenters. The first-order valence-corrected chi connectivity index (χ1v) is 4.84. The molecule has 2 rings (SSSR count). The van der Waals surface area contributed by atoms with Crippen LogP contribution in [0.15, 0.2) is 41.7 Å². The van der Waals surface area contributed by atoms with Gasteiger partial charge in [0.2, 0.25) is 0 Å². The maximum Gasteiger partial charge on any atom is 0.0643 e. The molecule has 3 heteroatoms.